The van der Waals surface area contributed by atoms with E-state index in [9.17, 15) is 22.8 Å². The van der Waals surface area contributed by atoms with Gasteiger partial charge in [0.25, 0.3) is 5.91 Å². The minimum atomic E-state index is -4.78. The monoisotopic (exact) mass is 224 g/mol. The molecule has 1 saturated heterocycles. The number of carbonyl (C=O) groups excluding carboxylic acids is 2. The molecule has 7 heteroatoms. The van der Waals surface area contributed by atoms with Crippen molar-refractivity contribution in [1.29, 1.82) is 0 Å². The molecule has 15 heavy (non-hydrogen) atoms. The minimum Gasteiger partial charge on any atom is -0.316 e. The number of urea groups is 1. The molecule has 1 rings (SSSR count). The number of nitrogens with zero attached hydrogens (tertiary/aromatic N) is 1. The van der Waals surface area contributed by atoms with Crippen LogP contribution in [0.15, 0.2) is 0 Å². The molecule has 4 nitrogen and oxygen atoms in total. The van der Waals surface area contributed by atoms with Crippen molar-refractivity contribution in [3.8, 4) is 0 Å². The van der Waals surface area contributed by atoms with Crippen molar-refractivity contribution in [2.45, 2.75) is 32.0 Å². The van der Waals surface area contributed by atoms with E-state index in [1.807, 2.05) is 0 Å². The fourth-order valence-electron chi connectivity index (χ4n) is 1.32. The second-order valence-electron chi connectivity index (χ2n) is 3.51. The smallest absolute Gasteiger partial charge is 0.316 e. The maximum atomic E-state index is 12.5. The number of halogens is 3. The minimum absolute atomic E-state index is 0.00363. The van der Waals surface area contributed by atoms with Crippen LogP contribution >= 0.6 is 0 Å². The number of imide groups is 1. The number of nitrogens with one attached hydrogen (secondary N) is 1. The maximum Gasteiger partial charge on any atom is 0.420 e. The molecule has 0 spiro atoms. The largest absolute Gasteiger partial charge is 0.420 e. The second kappa shape index (κ2) is 3.39. The topological polar surface area (TPSA) is 49.4 Å². The van der Waals surface area contributed by atoms with Crippen molar-refractivity contribution in [3.05, 3.63) is 0 Å². The highest BCUT2D eigenvalue weighted by molar-refractivity contribution is 6.07. The number of alkyl halides is 3. The van der Waals surface area contributed by atoms with Gasteiger partial charge < -0.3 is 5.32 Å². The van der Waals surface area contributed by atoms with Crippen LogP contribution in [0.25, 0.3) is 0 Å². The molecule has 1 aliphatic rings. The number of amides is 3. The van der Waals surface area contributed by atoms with E-state index in [0.717, 1.165) is 0 Å². The Hall–Kier alpha value is -1.27. The Morgan fingerprint density at radius 1 is 1.40 bits per heavy atom. The summed E-state index contributed by atoms with van der Waals surface area (Å²) in [7, 11) is 0. The first-order valence-electron chi connectivity index (χ1n) is 4.45. The summed E-state index contributed by atoms with van der Waals surface area (Å²) in [4.78, 5) is 23.1. The third kappa shape index (κ3) is 1.66. The van der Waals surface area contributed by atoms with Gasteiger partial charge in [0.05, 0.1) is 0 Å². The SMILES string of the molecule is CCCN1C(=O)NC(C)(C(F)(F)F)C1=O. The highest BCUT2D eigenvalue weighted by Gasteiger charge is 2.63. The Labute approximate surface area is 84.4 Å². The number of rotatable bonds is 2. The lowest BCUT2D eigenvalue weighted by Crippen LogP contribution is -2.56. The van der Waals surface area contributed by atoms with Crippen LogP contribution in [-0.2, 0) is 4.79 Å². The number of hydrogen-bond donors (Lipinski definition) is 1. The molecule has 0 radical (unpaired) electrons. The molecule has 1 N–H and O–H groups in total. The molecule has 1 atom stereocenters. The molecular formula is C8H11F3N2O2. The summed E-state index contributed by atoms with van der Waals surface area (Å²) >= 11 is 0. The zero-order valence-electron chi connectivity index (χ0n) is 8.31. The van der Waals surface area contributed by atoms with Crippen LogP contribution in [0.4, 0.5) is 18.0 Å². The lowest BCUT2D eigenvalue weighted by molar-refractivity contribution is -0.191. The Morgan fingerprint density at radius 2 is 1.93 bits per heavy atom. The lowest BCUT2D eigenvalue weighted by atomic mass is 10.0. The highest BCUT2D eigenvalue weighted by Crippen LogP contribution is 2.35. The van der Waals surface area contributed by atoms with Crippen LogP contribution in [0, 0.1) is 0 Å². The molecular weight excluding hydrogens is 213 g/mol. The van der Waals surface area contributed by atoms with Crippen molar-refractivity contribution < 1.29 is 22.8 Å². The zero-order chi connectivity index (χ0) is 11.9. The predicted molar refractivity (Wildman–Crippen MR) is 45.0 cm³/mol. The fraction of sp³-hybridized carbons (Fsp3) is 0.750. The summed E-state index contributed by atoms with van der Waals surface area (Å²) in [5.74, 6) is -1.23. The molecule has 86 valence electrons. The summed E-state index contributed by atoms with van der Waals surface area (Å²) in [6.07, 6.45) is -4.35. The first-order valence-corrected chi connectivity index (χ1v) is 4.45. The average Bonchev–Trinajstić information content (AvgIpc) is 2.29. The normalized spacial score (nSPS) is 27.1. The van der Waals surface area contributed by atoms with E-state index in [4.69, 9.17) is 0 Å². The van der Waals surface area contributed by atoms with Gasteiger partial charge >= 0.3 is 12.2 Å². The summed E-state index contributed by atoms with van der Waals surface area (Å²) in [6.45, 7) is 2.34. The van der Waals surface area contributed by atoms with Crippen LogP contribution in [0.2, 0.25) is 0 Å². The van der Waals surface area contributed by atoms with Crippen molar-refractivity contribution in [3.63, 3.8) is 0 Å². The third-order valence-electron chi connectivity index (χ3n) is 2.29. The Kier molecular flexibility index (Phi) is 2.67. The molecule has 0 aliphatic carbocycles. The lowest BCUT2D eigenvalue weighted by Gasteiger charge is -2.24. The van der Waals surface area contributed by atoms with E-state index in [2.05, 4.69) is 0 Å². The zero-order valence-corrected chi connectivity index (χ0v) is 8.31. The standard InChI is InChI=1S/C8H11F3N2O2/c1-3-4-13-5(14)7(2,8(9,10)11)12-6(13)15/h3-4H2,1-2H3,(H,12,15). The molecule has 1 fully saturated rings. The highest BCUT2D eigenvalue weighted by atomic mass is 19.4. The molecule has 1 aliphatic heterocycles. The van der Waals surface area contributed by atoms with E-state index in [1.54, 1.807) is 12.2 Å². The predicted octanol–water partition coefficient (Wildman–Crippen LogP) is 1.27. The molecule has 0 aromatic heterocycles. The Morgan fingerprint density at radius 3 is 2.27 bits per heavy atom. The van der Waals surface area contributed by atoms with Gasteiger partial charge in [0, 0.05) is 6.54 Å². The maximum absolute atomic E-state index is 12.5. The van der Waals surface area contributed by atoms with Gasteiger partial charge in [0.2, 0.25) is 5.54 Å². The summed E-state index contributed by atoms with van der Waals surface area (Å²) in [6, 6.07) is -0.985. The Balaban J connectivity index is 3.00. The first kappa shape index (κ1) is 11.8. The van der Waals surface area contributed by atoms with E-state index in [-0.39, 0.29) is 6.54 Å². The molecule has 0 saturated carbocycles. The summed E-state index contributed by atoms with van der Waals surface area (Å²) in [5.41, 5.74) is -2.78. The van der Waals surface area contributed by atoms with Gasteiger partial charge in [0.15, 0.2) is 0 Å². The van der Waals surface area contributed by atoms with E-state index in [1.165, 1.54) is 0 Å². The van der Waals surface area contributed by atoms with E-state index >= 15 is 0 Å². The van der Waals surface area contributed by atoms with Crippen molar-refractivity contribution in [2.75, 3.05) is 6.54 Å². The number of hydrogen-bond acceptors (Lipinski definition) is 2. The van der Waals surface area contributed by atoms with Crippen molar-refractivity contribution in [2.24, 2.45) is 0 Å². The average molecular weight is 224 g/mol. The molecule has 1 unspecified atom stereocenters. The molecule has 0 aromatic rings. The van der Waals surface area contributed by atoms with Crippen LogP contribution in [0.5, 0.6) is 0 Å². The number of carbonyl (C=O) groups is 2. The molecule has 0 bridgehead atoms. The van der Waals surface area contributed by atoms with Crippen LogP contribution in [0.3, 0.4) is 0 Å². The second-order valence-corrected chi connectivity index (χ2v) is 3.51. The quantitative estimate of drug-likeness (QED) is 0.718. The van der Waals surface area contributed by atoms with Crippen LogP contribution < -0.4 is 5.32 Å². The summed E-state index contributed by atoms with van der Waals surface area (Å²) < 4.78 is 37.6. The summed E-state index contributed by atoms with van der Waals surface area (Å²) in [5, 5.41) is 1.67. The van der Waals surface area contributed by atoms with Gasteiger partial charge in [-0.1, -0.05) is 6.92 Å². The van der Waals surface area contributed by atoms with Crippen molar-refractivity contribution in [1.82, 2.24) is 10.2 Å². The first-order chi connectivity index (χ1) is 6.74. The molecule has 0 aromatic carbocycles. The van der Waals surface area contributed by atoms with Gasteiger partial charge in [-0.3, -0.25) is 9.69 Å². The van der Waals surface area contributed by atoms with Gasteiger partial charge in [-0.15, -0.1) is 0 Å². The van der Waals surface area contributed by atoms with Gasteiger partial charge in [-0.25, -0.2) is 4.79 Å². The molecule has 1 heterocycles. The third-order valence-corrected chi connectivity index (χ3v) is 2.29. The van der Waals surface area contributed by atoms with Crippen LogP contribution in [-0.4, -0.2) is 35.1 Å². The van der Waals surface area contributed by atoms with E-state index < -0.39 is 23.7 Å². The Bertz CT molecular complexity index is 303. The molecule has 3 amide bonds. The van der Waals surface area contributed by atoms with E-state index in [0.29, 0.717) is 18.2 Å². The van der Waals surface area contributed by atoms with Gasteiger partial charge in [-0.05, 0) is 13.3 Å². The van der Waals surface area contributed by atoms with Crippen molar-refractivity contribution >= 4 is 11.9 Å². The fourth-order valence-corrected chi connectivity index (χ4v) is 1.32. The van der Waals surface area contributed by atoms with Crippen LogP contribution in [0.1, 0.15) is 20.3 Å². The van der Waals surface area contributed by atoms with Gasteiger partial charge in [-0.2, -0.15) is 13.2 Å². The van der Waals surface area contributed by atoms with Gasteiger partial charge in [0.1, 0.15) is 0 Å².